The van der Waals surface area contributed by atoms with E-state index in [0.717, 1.165) is 23.2 Å². The lowest BCUT2D eigenvalue weighted by Crippen LogP contribution is -2.55. The summed E-state index contributed by atoms with van der Waals surface area (Å²) >= 11 is 0. The Labute approximate surface area is 493 Å². The van der Waals surface area contributed by atoms with Crippen molar-refractivity contribution in [1.82, 2.24) is 0 Å². The second-order valence-electron chi connectivity index (χ2n) is 25.1. The van der Waals surface area contributed by atoms with E-state index in [-0.39, 0.29) is 5.41 Å². The van der Waals surface area contributed by atoms with Crippen LogP contribution in [0, 0.1) is 23.7 Å². The van der Waals surface area contributed by atoms with Crippen molar-refractivity contribution < 1.29 is 0 Å². The van der Waals surface area contributed by atoms with Gasteiger partial charge in [0.25, 0.3) is 0 Å². The van der Waals surface area contributed by atoms with Crippen LogP contribution in [0.3, 0.4) is 0 Å². The van der Waals surface area contributed by atoms with Crippen LogP contribution in [0.25, 0.3) is 89.0 Å². The Morgan fingerprint density at radius 2 is 0.583 bits per heavy atom. The van der Waals surface area contributed by atoms with E-state index in [4.69, 9.17) is 0 Å². The Morgan fingerprint density at radius 3 is 1.14 bits per heavy atom. The highest BCUT2D eigenvalue weighted by molar-refractivity contribution is 5.99. The van der Waals surface area contributed by atoms with E-state index < -0.39 is 5.41 Å². The average molecular weight is 1070 g/mol. The summed E-state index contributed by atoms with van der Waals surface area (Å²) in [5, 5.41) is 0. The summed E-state index contributed by atoms with van der Waals surface area (Å²) in [6, 6.07) is 109. The van der Waals surface area contributed by atoms with Gasteiger partial charge in [0.05, 0.1) is 5.41 Å². The van der Waals surface area contributed by atoms with E-state index in [1.807, 2.05) is 0 Å². The summed E-state index contributed by atoms with van der Waals surface area (Å²) in [7, 11) is 0. The van der Waals surface area contributed by atoms with Crippen molar-refractivity contribution in [3.8, 4) is 89.0 Å². The van der Waals surface area contributed by atoms with Gasteiger partial charge in [-0.15, -0.1) is 0 Å². The van der Waals surface area contributed by atoms with E-state index in [2.05, 4.69) is 290 Å². The zero-order valence-corrected chi connectivity index (χ0v) is 46.9. The Hall–Kier alpha value is -9.56. The summed E-state index contributed by atoms with van der Waals surface area (Å²) in [4.78, 5) is 2.57. The van der Waals surface area contributed by atoms with Crippen molar-refractivity contribution in [2.45, 2.75) is 42.9 Å². The molecule has 0 heterocycles. The second kappa shape index (κ2) is 18.5. The molecule has 7 aliphatic rings. The fraction of sp³-hybridized carbons (Fsp3) is 0.133. The lowest BCUT2D eigenvalue weighted by molar-refractivity contribution is -0.0399. The third-order valence-electron chi connectivity index (χ3n) is 21.1. The molecule has 12 aromatic rings. The minimum Gasteiger partial charge on any atom is -0.310 e. The normalized spacial score (nSPS) is 20.0. The summed E-state index contributed by atoms with van der Waals surface area (Å²) in [6.45, 7) is 0. The van der Waals surface area contributed by atoms with Gasteiger partial charge in [0, 0.05) is 22.5 Å². The maximum Gasteiger partial charge on any atom is 0.0726 e. The molecule has 7 aliphatic carbocycles. The van der Waals surface area contributed by atoms with Crippen molar-refractivity contribution in [2.75, 3.05) is 4.90 Å². The van der Waals surface area contributed by atoms with E-state index in [9.17, 15) is 0 Å². The molecule has 1 nitrogen and oxygen atoms in total. The second-order valence-corrected chi connectivity index (χ2v) is 25.1. The third-order valence-corrected chi connectivity index (χ3v) is 21.1. The lowest BCUT2D eigenvalue weighted by atomic mass is 9.43. The topological polar surface area (TPSA) is 3.24 Å². The van der Waals surface area contributed by atoms with Gasteiger partial charge in [-0.2, -0.15) is 0 Å². The summed E-state index contributed by atoms with van der Waals surface area (Å²) in [6.07, 6.45) is 6.94. The van der Waals surface area contributed by atoms with Gasteiger partial charge < -0.3 is 4.90 Å². The Morgan fingerprint density at radius 1 is 0.226 bits per heavy atom. The molecule has 1 heteroatoms. The third kappa shape index (κ3) is 6.96. The minimum absolute atomic E-state index is 0.0957. The van der Waals surface area contributed by atoms with Gasteiger partial charge in [-0.05, 0) is 239 Å². The molecule has 4 bridgehead atoms. The van der Waals surface area contributed by atoms with E-state index in [1.165, 1.54) is 149 Å². The first-order chi connectivity index (χ1) is 41.6. The van der Waals surface area contributed by atoms with Crippen molar-refractivity contribution in [3.05, 3.63) is 318 Å². The van der Waals surface area contributed by atoms with Crippen LogP contribution in [0.2, 0.25) is 0 Å². The van der Waals surface area contributed by atoms with Crippen molar-refractivity contribution in [1.29, 1.82) is 0 Å². The van der Waals surface area contributed by atoms with Gasteiger partial charge in [-0.3, -0.25) is 0 Å². The summed E-state index contributed by atoms with van der Waals surface area (Å²) in [5.41, 5.74) is 31.6. The molecule has 2 spiro atoms. The van der Waals surface area contributed by atoms with E-state index in [0.29, 0.717) is 11.8 Å². The first-order valence-electron chi connectivity index (χ1n) is 30.6. The van der Waals surface area contributed by atoms with Gasteiger partial charge in [-0.1, -0.05) is 224 Å². The number of fused-ring (bicyclic) bond motifs is 13. The zero-order valence-electron chi connectivity index (χ0n) is 46.9. The maximum absolute atomic E-state index is 2.59. The molecule has 0 unspecified atom stereocenters. The Balaban J connectivity index is 0.861. The van der Waals surface area contributed by atoms with Crippen LogP contribution in [-0.4, -0.2) is 0 Å². The fourth-order valence-electron chi connectivity index (χ4n) is 17.9. The van der Waals surface area contributed by atoms with Crippen molar-refractivity contribution in [3.63, 3.8) is 0 Å². The SMILES string of the molecule is c1ccc(-c2ccc(N(c3ccc4c(c3)-c3ccccc3C43C4CC5CC(C4)CC3C5)c3ccc4c(c3)C3(c5ccccc5-4)c4cc(-c5cccc(-c6ccccc6)c5)ccc4-c4ccc(-c5cccc(-c6ccccc6)c5)cc43)cc2)cc1. The van der Waals surface area contributed by atoms with Crippen LogP contribution in [0.5, 0.6) is 0 Å². The van der Waals surface area contributed by atoms with Crippen LogP contribution in [0.4, 0.5) is 17.1 Å². The molecule has 12 aromatic carbocycles. The lowest BCUT2D eigenvalue weighted by Gasteiger charge is -2.61. The molecule has 0 amide bonds. The van der Waals surface area contributed by atoms with Gasteiger partial charge in [0.2, 0.25) is 0 Å². The quantitative estimate of drug-likeness (QED) is 0.147. The van der Waals surface area contributed by atoms with Crippen LogP contribution in [0.1, 0.15) is 65.5 Å². The molecule has 4 saturated carbocycles. The van der Waals surface area contributed by atoms with Crippen molar-refractivity contribution in [2.24, 2.45) is 23.7 Å². The van der Waals surface area contributed by atoms with Gasteiger partial charge in [-0.25, -0.2) is 0 Å². The van der Waals surface area contributed by atoms with E-state index in [1.54, 1.807) is 11.1 Å². The molecule has 19 rings (SSSR count). The molecule has 0 radical (unpaired) electrons. The van der Waals surface area contributed by atoms with Crippen LogP contribution < -0.4 is 4.90 Å². The van der Waals surface area contributed by atoms with Gasteiger partial charge in [0.1, 0.15) is 0 Å². The predicted octanol–water partition coefficient (Wildman–Crippen LogP) is 21.6. The standard InChI is InChI=1S/C83H61N/c1-4-16-55(17-5-1)58-30-34-67(35-31-58)84(68-37-41-78-75(51-68)71-27-11-12-28-76(71)82(78)65-43-53-42-54(45-65)46-66(82)44-53)69-36-40-74-70-26-10-13-29-77(70)83(81(74)52-69)79-49-63(61-24-14-22-59(47-61)56-18-6-2-7-19-56)32-38-72(79)73-39-33-64(50-80(73)83)62-25-15-23-60(48-62)57-20-8-3-9-21-57/h1-41,47-54,65-66H,42-46H2. The number of hydrogen-bond acceptors (Lipinski definition) is 1. The smallest absolute Gasteiger partial charge is 0.0726 e. The number of nitrogens with zero attached hydrogens (tertiary/aromatic N) is 1. The molecular formula is C83H61N. The van der Waals surface area contributed by atoms with Crippen LogP contribution in [0.15, 0.2) is 285 Å². The summed E-state index contributed by atoms with van der Waals surface area (Å²) in [5.74, 6) is 3.20. The highest BCUT2D eigenvalue weighted by Crippen LogP contribution is 2.70. The van der Waals surface area contributed by atoms with Crippen LogP contribution >= 0.6 is 0 Å². The first kappa shape index (κ1) is 48.0. The fourth-order valence-corrected chi connectivity index (χ4v) is 17.9. The molecule has 0 saturated heterocycles. The minimum atomic E-state index is -0.641. The van der Waals surface area contributed by atoms with Gasteiger partial charge in [0.15, 0.2) is 0 Å². The monoisotopic (exact) mass is 1070 g/mol. The maximum atomic E-state index is 2.59. The molecule has 0 N–H and O–H groups in total. The van der Waals surface area contributed by atoms with E-state index >= 15 is 0 Å². The molecule has 0 atom stereocenters. The largest absolute Gasteiger partial charge is 0.310 e. The molecule has 4 fully saturated rings. The summed E-state index contributed by atoms with van der Waals surface area (Å²) < 4.78 is 0. The molecule has 84 heavy (non-hydrogen) atoms. The predicted molar refractivity (Wildman–Crippen MR) is 348 cm³/mol. The number of anilines is 3. The number of rotatable bonds is 8. The highest BCUT2D eigenvalue weighted by Gasteiger charge is 2.61. The molecule has 0 aliphatic heterocycles. The first-order valence-corrected chi connectivity index (χ1v) is 30.6. The van der Waals surface area contributed by atoms with Crippen LogP contribution in [-0.2, 0) is 10.8 Å². The molecule has 0 aromatic heterocycles. The van der Waals surface area contributed by atoms with Crippen molar-refractivity contribution >= 4 is 17.1 Å². The highest BCUT2D eigenvalue weighted by atomic mass is 15.1. The Kier molecular flexibility index (Phi) is 10.6. The average Bonchev–Trinajstić information content (AvgIpc) is 1.59. The number of hydrogen-bond donors (Lipinski definition) is 0. The zero-order chi connectivity index (χ0) is 55.1. The molecular weight excluding hydrogens is 1010 g/mol. The molecule has 398 valence electrons. The number of benzene rings is 12. The Bertz CT molecular complexity index is 4450. The van der Waals surface area contributed by atoms with Gasteiger partial charge >= 0.3 is 0 Å².